The van der Waals surface area contributed by atoms with E-state index in [-0.39, 0.29) is 0 Å². The molecule has 3 heteroatoms. The van der Waals surface area contributed by atoms with E-state index in [0.717, 1.165) is 13.1 Å². The van der Waals surface area contributed by atoms with Gasteiger partial charge >= 0.3 is 0 Å². The number of quaternary nitrogens is 1. The largest absolute Gasteiger partial charge is 0.280 e. The lowest BCUT2D eigenvalue weighted by Crippen LogP contribution is -2.59. The van der Waals surface area contributed by atoms with E-state index in [1.165, 1.54) is 0 Å². The van der Waals surface area contributed by atoms with Crippen molar-refractivity contribution in [2.75, 3.05) is 13.1 Å². The molecular weight excluding hydrogens is 193 g/mol. The monoisotopic (exact) mass is 204 g/mol. The SMILES string of the molecule is C=CC[N+]1(CC=C)C=CC1(Cl)Cl. The molecule has 0 atom stereocenters. The third-order valence-corrected chi connectivity index (χ3v) is 2.99. The van der Waals surface area contributed by atoms with Crippen LogP contribution in [0, 0.1) is 0 Å². The normalized spacial score (nSPS) is 22.8. The van der Waals surface area contributed by atoms with E-state index in [1.807, 2.05) is 18.4 Å². The molecule has 0 amide bonds. The second-order valence-corrected chi connectivity index (χ2v) is 4.23. The molecule has 1 aliphatic rings. The average Bonchev–Trinajstić information content (AvgIpc) is 2.02. The average molecular weight is 205 g/mol. The first-order chi connectivity index (χ1) is 5.58. The van der Waals surface area contributed by atoms with Gasteiger partial charge in [-0.05, 0) is 35.4 Å². The molecule has 1 heterocycles. The number of halogens is 2. The van der Waals surface area contributed by atoms with Gasteiger partial charge in [-0.15, -0.1) is 0 Å². The van der Waals surface area contributed by atoms with Crippen LogP contribution in [0.1, 0.15) is 0 Å². The molecule has 0 saturated heterocycles. The van der Waals surface area contributed by atoms with Gasteiger partial charge in [-0.1, -0.05) is 13.2 Å². The van der Waals surface area contributed by atoms with Gasteiger partial charge in [-0.2, -0.15) is 0 Å². The quantitative estimate of drug-likeness (QED) is 0.286. The molecule has 0 aliphatic carbocycles. The lowest BCUT2D eigenvalue weighted by atomic mass is 10.2. The van der Waals surface area contributed by atoms with Gasteiger partial charge in [0, 0.05) is 0 Å². The molecule has 0 aromatic carbocycles. The number of nitrogens with zero attached hydrogens (tertiary/aromatic N) is 1. The minimum atomic E-state index is -0.803. The Labute approximate surface area is 83.2 Å². The van der Waals surface area contributed by atoms with E-state index in [9.17, 15) is 0 Å². The molecule has 0 N–H and O–H groups in total. The van der Waals surface area contributed by atoms with Gasteiger partial charge in [0.15, 0.2) is 0 Å². The van der Waals surface area contributed by atoms with E-state index in [1.54, 1.807) is 6.08 Å². The maximum Gasteiger partial charge on any atom is 0.280 e. The highest BCUT2D eigenvalue weighted by Gasteiger charge is 2.51. The van der Waals surface area contributed by atoms with Crippen LogP contribution in [-0.4, -0.2) is 22.0 Å². The van der Waals surface area contributed by atoms with Crippen LogP contribution < -0.4 is 0 Å². The maximum absolute atomic E-state index is 6.04. The minimum absolute atomic E-state index is 0.503. The van der Waals surface area contributed by atoms with Crippen molar-refractivity contribution in [3.63, 3.8) is 0 Å². The number of hydrogen-bond donors (Lipinski definition) is 0. The molecule has 1 rings (SSSR count). The van der Waals surface area contributed by atoms with E-state index in [2.05, 4.69) is 13.2 Å². The molecule has 0 spiro atoms. The molecular formula is C9H12Cl2N+. The smallest absolute Gasteiger partial charge is 0.256 e. The second kappa shape index (κ2) is 3.25. The van der Waals surface area contributed by atoms with Crippen molar-refractivity contribution in [2.45, 2.75) is 4.46 Å². The van der Waals surface area contributed by atoms with Crippen LogP contribution in [-0.2, 0) is 0 Å². The highest BCUT2D eigenvalue weighted by atomic mass is 35.5. The van der Waals surface area contributed by atoms with Crippen molar-refractivity contribution < 1.29 is 4.48 Å². The number of alkyl halides is 2. The molecule has 0 aromatic heterocycles. The van der Waals surface area contributed by atoms with Crippen molar-refractivity contribution in [3.05, 3.63) is 37.6 Å². The maximum atomic E-state index is 6.04. The Bertz CT molecular complexity index is 221. The highest BCUT2D eigenvalue weighted by Crippen LogP contribution is 2.43. The Morgan fingerprint density at radius 2 is 1.75 bits per heavy atom. The third-order valence-electron chi connectivity index (χ3n) is 2.06. The fourth-order valence-corrected chi connectivity index (χ4v) is 1.80. The first-order valence-corrected chi connectivity index (χ1v) is 4.50. The molecule has 12 heavy (non-hydrogen) atoms. The zero-order valence-electron chi connectivity index (χ0n) is 6.84. The highest BCUT2D eigenvalue weighted by molar-refractivity contribution is 6.49. The van der Waals surface area contributed by atoms with Gasteiger partial charge in [0.1, 0.15) is 19.3 Å². The van der Waals surface area contributed by atoms with Gasteiger partial charge in [-0.25, -0.2) is 0 Å². The Kier molecular flexibility index (Phi) is 2.67. The van der Waals surface area contributed by atoms with Gasteiger partial charge in [-0.3, -0.25) is 4.48 Å². The summed E-state index contributed by atoms with van der Waals surface area (Å²) in [5.41, 5.74) is 0. The first-order valence-electron chi connectivity index (χ1n) is 3.75. The van der Waals surface area contributed by atoms with Crippen LogP contribution in [0.3, 0.4) is 0 Å². The standard InChI is InChI=1S/C9H12Cl2N/c1-3-6-12(7-4-2)8-5-9(12,10)11/h3-5,8H,1-2,6-7H2/q+1. The Morgan fingerprint density at radius 3 is 1.92 bits per heavy atom. The molecule has 0 saturated carbocycles. The summed E-state index contributed by atoms with van der Waals surface area (Å²) in [7, 11) is 0. The summed E-state index contributed by atoms with van der Waals surface area (Å²) in [5.74, 6) is 0. The fourth-order valence-electron chi connectivity index (χ4n) is 1.30. The van der Waals surface area contributed by atoms with Gasteiger partial charge in [0.25, 0.3) is 4.46 Å². The van der Waals surface area contributed by atoms with Crippen molar-refractivity contribution in [2.24, 2.45) is 0 Å². The molecule has 66 valence electrons. The van der Waals surface area contributed by atoms with Crippen LogP contribution in [0.4, 0.5) is 0 Å². The summed E-state index contributed by atoms with van der Waals surface area (Å²) in [6, 6.07) is 0. The molecule has 0 aromatic rings. The molecule has 0 unspecified atom stereocenters. The van der Waals surface area contributed by atoms with Crippen LogP contribution in [0.2, 0.25) is 0 Å². The summed E-state index contributed by atoms with van der Waals surface area (Å²) < 4.78 is -0.300. The summed E-state index contributed by atoms with van der Waals surface area (Å²) in [4.78, 5) is 0. The van der Waals surface area contributed by atoms with E-state index < -0.39 is 4.46 Å². The number of hydrogen-bond acceptors (Lipinski definition) is 0. The third kappa shape index (κ3) is 1.33. The summed E-state index contributed by atoms with van der Waals surface area (Å²) in [6.07, 6.45) is 7.38. The fraction of sp³-hybridized carbons (Fsp3) is 0.333. The van der Waals surface area contributed by atoms with Crippen molar-refractivity contribution in [1.82, 2.24) is 0 Å². The Hall–Kier alpha value is -0.240. The van der Waals surface area contributed by atoms with E-state index in [0.29, 0.717) is 4.48 Å². The van der Waals surface area contributed by atoms with E-state index in [4.69, 9.17) is 23.2 Å². The van der Waals surface area contributed by atoms with E-state index >= 15 is 0 Å². The van der Waals surface area contributed by atoms with Gasteiger partial charge in [0.05, 0.1) is 6.08 Å². The lowest BCUT2D eigenvalue weighted by Gasteiger charge is -2.46. The van der Waals surface area contributed by atoms with Crippen molar-refractivity contribution in [3.8, 4) is 0 Å². The van der Waals surface area contributed by atoms with Gasteiger partial charge < -0.3 is 0 Å². The summed E-state index contributed by atoms with van der Waals surface area (Å²) in [6.45, 7) is 8.81. The molecule has 0 bridgehead atoms. The number of rotatable bonds is 4. The molecule has 1 aliphatic heterocycles. The first kappa shape index (κ1) is 9.85. The van der Waals surface area contributed by atoms with Crippen LogP contribution >= 0.6 is 23.2 Å². The minimum Gasteiger partial charge on any atom is -0.256 e. The van der Waals surface area contributed by atoms with Gasteiger partial charge in [0.2, 0.25) is 0 Å². The Morgan fingerprint density at radius 1 is 1.25 bits per heavy atom. The second-order valence-electron chi connectivity index (χ2n) is 2.88. The summed E-state index contributed by atoms with van der Waals surface area (Å²) >= 11 is 12.1. The molecule has 1 nitrogen and oxygen atoms in total. The van der Waals surface area contributed by atoms with Crippen LogP contribution in [0.25, 0.3) is 0 Å². The van der Waals surface area contributed by atoms with Crippen molar-refractivity contribution in [1.29, 1.82) is 0 Å². The zero-order chi connectivity index (χ0) is 9.24. The molecule has 0 fully saturated rings. The zero-order valence-corrected chi connectivity index (χ0v) is 8.35. The van der Waals surface area contributed by atoms with Crippen LogP contribution in [0.5, 0.6) is 0 Å². The lowest BCUT2D eigenvalue weighted by molar-refractivity contribution is -0.902. The van der Waals surface area contributed by atoms with Crippen LogP contribution in [0.15, 0.2) is 37.6 Å². The summed E-state index contributed by atoms with van der Waals surface area (Å²) in [5, 5.41) is 0. The topological polar surface area (TPSA) is 0 Å². The predicted molar refractivity (Wildman–Crippen MR) is 54.0 cm³/mol. The Balaban J connectivity index is 2.82. The molecule has 0 radical (unpaired) electrons. The van der Waals surface area contributed by atoms with Crippen molar-refractivity contribution >= 4 is 23.2 Å². The predicted octanol–water partition coefficient (Wildman–Crippen LogP) is 2.83.